The van der Waals surface area contributed by atoms with Gasteiger partial charge in [0.1, 0.15) is 0 Å². The van der Waals surface area contributed by atoms with Crippen LogP contribution in [0.5, 0.6) is 5.75 Å². The second-order valence-electron chi connectivity index (χ2n) is 4.42. The summed E-state index contributed by atoms with van der Waals surface area (Å²) in [4.78, 5) is 6.33. The Labute approximate surface area is 114 Å². The SMILES string of the molecule is COCC(Cl)CN(C)c1ncccc1OC(C)C. The number of pyridine rings is 1. The highest BCUT2D eigenvalue weighted by molar-refractivity contribution is 6.21. The molecule has 0 bridgehead atoms. The van der Waals surface area contributed by atoms with Crippen LogP contribution in [0, 0.1) is 0 Å². The first-order valence-corrected chi connectivity index (χ1v) is 6.44. The topological polar surface area (TPSA) is 34.6 Å². The Bertz CT molecular complexity index is 361. The summed E-state index contributed by atoms with van der Waals surface area (Å²) in [6, 6.07) is 3.78. The molecule has 0 aliphatic heterocycles. The average molecular weight is 273 g/mol. The van der Waals surface area contributed by atoms with Gasteiger partial charge in [-0.25, -0.2) is 4.98 Å². The van der Waals surface area contributed by atoms with E-state index in [2.05, 4.69) is 4.98 Å². The summed E-state index contributed by atoms with van der Waals surface area (Å²) in [5, 5.41) is -0.0751. The molecule has 1 unspecified atom stereocenters. The van der Waals surface area contributed by atoms with Gasteiger partial charge < -0.3 is 14.4 Å². The van der Waals surface area contributed by atoms with Gasteiger partial charge in [-0.2, -0.15) is 0 Å². The average Bonchev–Trinajstić information content (AvgIpc) is 2.28. The summed E-state index contributed by atoms with van der Waals surface area (Å²) in [5.41, 5.74) is 0. The van der Waals surface area contributed by atoms with Gasteiger partial charge in [0.2, 0.25) is 0 Å². The number of hydrogen-bond acceptors (Lipinski definition) is 4. The smallest absolute Gasteiger partial charge is 0.171 e. The Balaban J connectivity index is 2.74. The number of alkyl halides is 1. The third-order valence-electron chi connectivity index (χ3n) is 2.29. The summed E-state index contributed by atoms with van der Waals surface area (Å²) in [7, 11) is 3.59. The number of ether oxygens (including phenoxy) is 2. The maximum absolute atomic E-state index is 6.15. The highest BCUT2D eigenvalue weighted by Crippen LogP contribution is 2.25. The number of nitrogens with zero attached hydrogens (tertiary/aromatic N) is 2. The Kier molecular flexibility index (Phi) is 6.22. The molecule has 1 atom stereocenters. The lowest BCUT2D eigenvalue weighted by atomic mass is 10.3. The lowest BCUT2D eigenvalue weighted by molar-refractivity contribution is 0.198. The van der Waals surface area contributed by atoms with Crippen LogP contribution in [0.15, 0.2) is 18.3 Å². The van der Waals surface area contributed by atoms with Crippen molar-refractivity contribution in [2.75, 3.05) is 32.2 Å². The molecule has 0 radical (unpaired) electrons. The summed E-state index contributed by atoms with van der Waals surface area (Å²) >= 11 is 6.15. The Morgan fingerprint density at radius 3 is 2.78 bits per heavy atom. The Morgan fingerprint density at radius 2 is 2.17 bits per heavy atom. The molecule has 0 N–H and O–H groups in total. The molecule has 1 heterocycles. The van der Waals surface area contributed by atoms with Crippen LogP contribution in [0.4, 0.5) is 5.82 Å². The fourth-order valence-corrected chi connectivity index (χ4v) is 1.96. The van der Waals surface area contributed by atoms with Crippen LogP contribution in [0.25, 0.3) is 0 Å². The van der Waals surface area contributed by atoms with Gasteiger partial charge in [0.25, 0.3) is 0 Å². The largest absolute Gasteiger partial charge is 0.487 e. The number of methoxy groups -OCH3 is 1. The van der Waals surface area contributed by atoms with Crippen LogP contribution in [0.1, 0.15) is 13.8 Å². The normalized spacial score (nSPS) is 12.6. The first-order chi connectivity index (χ1) is 8.54. The first kappa shape index (κ1) is 15.1. The highest BCUT2D eigenvalue weighted by atomic mass is 35.5. The highest BCUT2D eigenvalue weighted by Gasteiger charge is 2.14. The molecule has 0 aliphatic rings. The second kappa shape index (κ2) is 7.44. The van der Waals surface area contributed by atoms with Crippen LogP contribution in [-0.4, -0.2) is 43.8 Å². The molecule has 0 amide bonds. The third-order valence-corrected chi connectivity index (χ3v) is 2.56. The molecule has 18 heavy (non-hydrogen) atoms. The Morgan fingerprint density at radius 1 is 1.44 bits per heavy atom. The van der Waals surface area contributed by atoms with Gasteiger partial charge in [-0.3, -0.25) is 0 Å². The standard InChI is InChI=1S/C13H21ClN2O2/c1-10(2)18-12-6-5-7-15-13(12)16(3)8-11(14)9-17-4/h5-7,10-11H,8-9H2,1-4H3. The van der Waals surface area contributed by atoms with Crippen molar-refractivity contribution in [2.24, 2.45) is 0 Å². The van der Waals surface area contributed by atoms with Crippen molar-refractivity contribution in [1.82, 2.24) is 4.98 Å². The van der Waals surface area contributed by atoms with Crippen molar-refractivity contribution < 1.29 is 9.47 Å². The third kappa shape index (κ3) is 4.70. The monoisotopic (exact) mass is 272 g/mol. The lowest BCUT2D eigenvalue weighted by Crippen LogP contribution is -2.29. The van der Waals surface area contributed by atoms with E-state index < -0.39 is 0 Å². The summed E-state index contributed by atoms with van der Waals surface area (Å²) < 4.78 is 10.8. The number of halogens is 1. The number of aromatic nitrogens is 1. The van der Waals surface area contributed by atoms with Gasteiger partial charge >= 0.3 is 0 Å². The minimum Gasteiger partial charge on any atom is -0.487 e. The van der Waals surface area contributed by atoms with E-state index in [1.54, 1.807) is 13.3 Å². The molecule has 1 aromatic rings. The van der Waals surface area contributed by atoms with Gasteiger partial charge in [-0.1, -0.05) is 0 Å². The molecule has 0 saturated heterocycles. The zero-order valence-electron chi connectivity index (χ0n) is 11.4. The molecule has 0 fully saturated rings. The molecule has 1 aromatic heterocycles. The van der Waals surface area contributed by atoms with Gasteiger partial charge in [0, 0.05) is 26.9 Å². The van der Waals surface area contributed by atoms with Crippen LogP contribution in [0.3, 0.4) is 0 Å². The maximum atomic E-state index is 6.15. The molecular weight excluding hydrogens is 252 g/mol. The van der Waals surface area contributed by atoms with E-state index >= 15 is 0 Å². The molecule has 0 aliphatic carbocycles. The van der Waals surface area contributed by atoms with E-state index in [0.717, 1.165) is 11.6 Å². The van der Waals surface area contributed by atoms with E-state index in [0.29, 0.717) is 13.2 Å². The van der Waals surface area contributed by atoms with E-state index in [4.69, 9.17) is 21.1 Å². The fraction of sp³-hybridized carbons (Fsp3) is 0.615. The molecule has 0 aromatic carbocycles. The van der Waals surface area contributed by atoms with Crippen molar-refractivity contribution in [3.05, 3.63) is 18.3 Å². The Hall–Kier alpha value is -1.00. The van der Waals surface area contributed by atoms with Crippen LogP contribution in [0.2, 0.25) is 0 Å². The van der Waals surface area contributed by atoms with E-state index in [1.165, 1.54) is 0 Å². The van der Waals surface area contributed by atoms with Crippen LogP contribution < -0.4 is 9.64 Å². The molecule has 0 saturated carbocycles. The zero-order chi connectivity index (χ0) is 13.5. The summed E-state index contributed by atoms with van der Waals surface area (Å²) in [6.45, 7) is 5.15. The molecular formula is C13H21ClN2O2. The fourth-order valence-electron chi connectivity index (χ4n) is 1.63. The van der Waals surface area contributed by atoms with E-state index in [-0.39, 0.29) is 11.5 Å². The minimum atomic E-state index is -0.0751. The predicted octanol–water partition coefficient (Wildman–Crippen LogP) is 2.56. The van der Waals surface area contributed by atoms with Gasteiger partial charge in [0.05, 0.1) is 18.1 Å². The van der Waals surface area contributed by atoms with E-state index in [1.807, 2.05) is 37.9 Å². The van der Waals surface area contributed by atoms with Gasteiger partial charge in [-0.05, 0) is 26.0 Å². The second-order valence-corrected chi connectivity index (χ2v) is 5.04. The van der Waals surface area contributed by atoms with Crippen LogP contribution in [-0.2, 0) is 4.74 Å². The van der Waals surface area contributed by atoms with Crippen molar-refractivity contribution in [1.29, 1.82) is 0 Å². The van der Waals surface area contributed by atoms with Gasteiger partial charge in [0.15, 0.2) is 11.6 Å². The first-order valence-electron chi connectivity index (χ1n) is 6.00. The quantitative estimate of drug-likeness (QED) is 0.715. The summed E-state index contributed by atoms with van der Waals surface area (Å²) in [6.07, 6.45) is 1.87. The predicted molar refractivity (Wildman–Crippen MR) is 74.8 cm³/mol. The molecule has 102 valence electrons. The van der Waals surface area contributed by atoms with Crippen LogP contribution >= 0.6 is 11.6 Å². The number of hydrogen-bond donors (Lipinski definition) is 0. The lowest BCUT2D eigenvalue weighted by Gasteiger charge is -2.23. The molecule has 1 rings (SSSR count). The molecule has 4 nitrogen and oxygen atoms in total. The number of anilines is 1. The summed E-state index contributed by atoms with van der Waals surface area (Å²) in [5.74, 6) is 1.57. The van der Waals surface area contributed by atoms with Gasteiger partial charge in [-0.15, -0.1) is 11.6 Å². The van der Waals surface area contributed by atoms with Crippen molar-refractivity contribution in [3.8, 4) is 5.75 Å². The van der Waals surface area contributed by atoms with E-state index in [9.17, 15) is 0 Å². The molecule has 5 heteroatoms. The molecule has 0 spiro atoms. The van der Waals surface area contributed by atoms with Crippen molar-refractivity contribution >= 4 is 17.4 Å². The zero-order valence-corrected chi connectivity index (χ0v) is 12.1. The number of rotatable bonds is 7. The van der Waals surface area contributed by atoms with Crippen molar-refractivity contribution in [3.63, 3.8) is 0 Å². The maximum Gasteiger partial charge on any atom is 0.171 e. The van der Waals surface area contributed by atoms with Crippen molar-refractivity contribution in [2.45, 2.75) is 25.3 Å². The minimum absolute atomic E-state index is 0.0751.